The lowest BCUT2D eigenvalue weighted by molar-refractivity contribution is -0.125. The molecule has 0 radical (unpaired) electrons. The number of nitrogens with zero attached hydrogens (tertiary/aromatic N) is 1. The highest BCUT2D eigenvalue weighted by molar-refractivity contribution is 5.84. The predicted octanol–water partition coefficient (Wildman–Crippen LogP) is 3.56. The number of piperidine rings is 1. The zero-order chi connectivity index (χ0) is 21.0. The molecule has 2 fully saturated rings. The maximum Gasteiger partial charge on any atom is 0.410 e. The Morgan fingerprint density at radius 1 is 1.10 bits per heavy atom. The molecule has 1 saturated heterocycles. The van der Waals surface area contributed by atoms with E-state index < -0.39 is 5.60 Å². The number of nitrogens with one attached hydrogen (secondary N) is 1. The Kier molecular flexibility index (Phi) is 4.79. The molecule has 4 rings (SSSR count). The fourth-order valence-electron chi connectivity index (χ4n) is 4.97. The van der Waals surface area contributed by atoms with Crippen LogP contribution in [0.2, 0.25) is 0 Å². The number of carbonyl (C=O) groups excluding carboxylic acids is 2. The van der Waals surface area contributed by atoms with Crippen molar-refractivity contribution in [2.45, 2.75) is 58.1 Å². The Bertz CT molecular complexity index is 801. The molecule has 2 aliphatic heterocycles. The average molecular weight is 401 g/mol. The van der Waals surface area contributed by atoms with Gasteiger partial charge in [0.25, 0.3) is 0 Å². The van der Waals surface area contributed by atoms with Gasteiger partial charge in [-0.15, -0.1) is 0 Å². The number of likely N-dealkylation sites (tertiary alicyclic amines) is 1. The number of carbonyl (C=O) groups is 2. The number of amides is 2. The average Bonchev–Trinajstić information content (AvgIpc) is 3.13. The minimum absolute atomic E-state index is 0.00282. The Morgan fingerprint density at radius 2 is 1.76 bits per heavy atom. The van der Waals surface area contributed by atoms with Gasteiger partial charge >= 0.3 is 6.09 Å². The summed E-state index contributed by atoms with van der Waals surface area (Å²) in [6, 6.07) is 8.09. The second-order valence-corrected chi connectivity index (χ2v) is 10.2. The van der Waals surface area contributed by atoms with Crippen molar-refractivity contribution in [1.29, 1.82) is 0 Å². The van der Waals surface area contributed by atoms with Crippen LogP contribution in [-0.4, -0.2) is 47.7 Å². The third kappa shape index (κ3) is 3.94. The molecule has 1 saturated carbocycles. The van der Waals surface area contributed by atoms with Crippen molar-refractivity contribution < 1.29 is 19.1 Å². The van der Waals surface area contributed by atoms with E-state index in [0.29, 0.717) is 19.7 Å². The lowest BCUT2D eigenvalue weighted by Gasteiger charge is -2.39. The van der Waals surface area contributed by atoms with Crippen molar-refractivity contribution in [3.63, 3.8) is 0 Å². The summed E-state index contributed by atoms with van der Waals surface area (Å²) in [5.41, 5.74) is 0.305. The minimum atomic E-state index is -0.495. The molecule has 3 aliphatic rings. The molecule has 1 N–H and O–H groups in total. The Labute approximate surface area is 172 Å². The summed E-state index contributed by atoms with van der Waals surface area (Å²) < 4.78 is 11.2. The summed E-state index contributed by atoms with van der Waals surface area (Å²) in [7, 11) is 0. The van der Waals surface area contributed by atoms with Crippen molar-refractivity contribution in [2.75, 3.05) is 19.7 Å². The van der Waals surface area contributed by atoms with Crippen LogP contribution in [-0.2, 0) is 9.53 Å². The molecule has 0 bridgehead atoms. The normalized spacial score (nSPS) is 28.1. The van der Waals surface area contributed by atoms with Crippen LogP contribution < -0.4 is 10.1 Å². The highest BCUT2D eigenvalue weighted by Crippen LogP contribution is 2.52. The van der Waals surface area contributed by atoms with Gasteiger partial charge in [-0.05, 0) is 64.5 Å². The number of hydrogen-bond donors (Lipinski definition) is 1. The molecule has 0 aromatic heterocycles. The highest BCUT2D eigenvalue weighted by atomic mass is 16.6. The van der Waals surface area contributed by atoms with Gasteiger partial charge in [-0.25, -0.2) is 4.79 Å². The summed E-state index contributed by atoms with van der Waals surface area (Å²) in [6.45, 7) is 11.7. The molecule has 6 nitrogen and oxygen atoms in total. The molecule has 2 heterocycles. The maximum atomic E-state index is 13.0. The monoisotopic (exact) mass is 400 g/mol. The first-order valence-electron chi connectivity index (χ1n) is 10.6. The van der Waals surface area contributed by atoms with E-state index in [1.165, 1.54) is 0 Å². The second kappa shape index (κ2) is 6.92. The van der Waals surface area contributed by atoms with Crippen molar-refractivity contribution >= 4 is 12.0 Å². The molecular formula is C23H32N2O4. The van der Waals surface area contributed by atoms with Crippen LogP contribution in [0.15, 0.2) is 24.3 Å². The molecule has 1 aromatic rings. The van der Waals surface area contributed by atoms with Gasteiger partial charge in [-0.2, -0.15) is 0 Å². The van der Waals surface area contributed by atoms with Gasteiger partial charge in [-0.3, -0.25) is 4.79 Å². The van der Waals surface area contributed by atoms with Crippen LogP contribution in [0.25, 0.3) is 0 Å². The van der Waals surface area contributed by atoms with E-state index in [1.807, 2.05) is 39.0 Å². The third-order valence-electron chi connectivity index (χ3n) is 6.42. The van der Waals surface area contributed by atoms with Gasteiger partial charge in [0.15, 0.2) is 0 Å². The Morgan fingerprint density at radius 3 is 2.41 bits per heavy atom. The number of para-hydroxylation sites is 1. The van der Waals surface area contributed by atoms with Gasteiger partial charge in [0, 0.05) is 30.5 Å². The molecule has 158 valence electrons. The van der Waals surface area contributed by atoms with Crippen molar-refractivity contribution in [2.24, 2.45) is 17.8 Å². The lowest BCUT2D eigenvalue weighted by atomic mass is 9.78. The van der Waals surface area contributed by atoms with Crippen LogP contribution in [0.5, 0.6) is 5.75 Å². The third-order valence-corrected chi connectivity index (χ3v) is 6.42. The standard InChI is InChI=1S/C23H32N2O4/c1-22(2,3)29-21(27)25-12-15-16(13-25)19(15)20(26)24-23(4,5)17-10-11-28-18-9-7-6-8-14(17)18/h6-9,15-17,19H,10-13H2,1-5H3,(H,24,26). The molecule has 2 amide bonds. The zero-order valence-electron chi connectivity index (χ0n) is 18.0. The number of ether oxygens (including phenoxy) is 2. The predicted molar refractivity (Wildman–Crippen MR) is 110 cm³/mol. The Hall–Kier alpha value is -2.24. The first-order valence-corrected chi connectivity index (χ1v) is 10.6. The van der Waals surface area contributed by atoms with Crippen LogP contribution >= 0.6 is 0 Å². The summed E-state index contributed by atoms with van der Waals surface area (Å²) in [4.78, 5) is 27.0. The van der Waals surface area contributed by atoms with E-state index in [4.69, 9.17) is 9.47 Å². The van der Waals surface area contributed by atoms with Gasteiger partial charge in [0.1, 0.15) is 11.4 Å². The van der Waals surface area contributed by atoms with Gasteiger partial charge < -0.3 is 19.7 Å². The van der Waals surface area contributed by atoms with Crippen LogP contribution in [0.4, 0.5) is 4.79 Å². The highest BCUT2D eigenvalue weighted by Gasteiger charge is 2.61. The van der Waals surface area contributed by atoms with Gasteiger partial charge in [0.2, 0.25) is 5.91 Å². The smallest absolute Gasteiger partial charge is 0.410 e. The van der Waals surface area contributed by atoms with Crippen LogP contribution in [0, 0.1) is 17.8 Å². The number of benzene rings is 1. The van der Waals surface area contributed by atoms with Crippen molar-refractivity contribution in [1.82, 2.24) is 10.2 Å². The lowest BCUT2D eigenvalue weighted by Crippen LogP contribution is -2.50. The number of fused-ring (bicyclic) bond motifs is 2. The quantitative estimate of drug-likeness (QED) is 0.842. The minimum Gasteiger partial charge on any atom is -0.493 e. The molecule has 0 spiro atoms. The summed E-state index contributed by atoms with van der Waals surface area (Å²) in [5.74, 6) is 1.75. The zero-order valence-corrected chi connectivity index (χ0v) is 18.0. The van der Waals surface area contributed by atoms with Gasteiger partial charge in [0.05, 0.1) is 6.61 Å². The fourth-order valence-corrected chi connectivity index (χ4v) is 4.97. The van der Waals surface area contributed by atoms with Crippen LogP contribution in [0.1, 0.15) is 52.5 Å². The SMILES string of the molecule is CC(C)(C)OC(=O)N1CC2C(C1)C2C(=O)NC(C)(C)C1CCOc2ccccc21. The molecule has 29 heavy (non-hydrogen) atoms. The van der Waals surface area contributed by atoms with E-state index in [9.17, 15) is 9.59 Å². The largest absolute Gasteiger partial charge is 0.493 e. The molecular weight excluding hydrogens is 368 g/mol. The Balaban J connectivity index is 1.35. The van der Waals surface area contributed by atoms with E-state index in [2.05, 4.69) is 25.2 Å². The topological polar surface area (TPSA) is 67.9 Å². The van der Waals surface area contributed by atoms with E-state index in [0.717, 1.165) is 17.7 Å². The van der Waals surface area contributed by atoms with Gasteiger partial charge in [-0.1, -0.05) is 18.2 Å². The molecule has 1 aromatic carbocycles. The summed E-state index contributed by atoms with van der Waals surface area (Å²) in [6.07, 6.45) is 0.608. The summed E-state index contributed by atoms with van der Waals surface area (Å²) in [5, 5.41) is 3.31. The summed E-state index contributed by atoms with van der Waals surface area (Å²) >= 11 is 0. The van der Waals surface area contributed by atoms with Crippen molar-refractivity contribution in [3.8, 4) is 5.75 Å². The fraction of sp³-hybridized carbons (Fsp3) is 0.652. The molecule has 3 unspecified atom stereocenters. The van der Waals surface area contributed by atoms with Crippen LogP contribution in [0.3, 0.4) is 0 Å². The number of rotatable bonds is 3. The molecule has 1 aliphatic carbocycles. The second-order valence-electron chi connectivity index (χ2n) is 10.2. The van der Waals surface area contributed by atoms with E-state index in [-0.39, 0.29) is 41.2 Å². The maximum absolute atomic E-state index is 13.0. The molecule has 6 heteroatoms. The van der Waals surface area contributed by atoms with E-state index in [1.54, 1.807) is 4.90 Å². The van der Waals surface area contributed by atoms with Crippen molar-refractivity contribution in [3.05, 3.63) is 29.8 Å². The molecule has 3 atom stereocenters. The first-order chi connectivity index (χ1) is 13.6. The van der Waals surface area contributed by atoms with E-state index >= 15 is 0 Å². The number of hydrogen-bond acceptors (Lipinski definition) is 4. The first kappa shape index (κ1) is 20.0.